The third-order valence-corrected chi connectivity index (χ3v) is 3.91. The first kappa shape index (κ1) is 13.3. The molecule has 2 aromatic rings. The van der Waals surface area contributed by atoms with Gasteiger partial charge in [0, 0.05) is 27.6 Å². The normalized spacial score (nSPS) is 10.8. The molecule has 0 aliphatic rings. The van der Waals surface area contributed by atoms with Crippen LogP contribution < -0.4 is 5.73 Å². The van der Waals surface area contributed by atoms with Gasteiger partial charge in [0.2, 0.25) is 0 Å². The summed E-state index contributed by atoms with van der Waals surface area (Å²) in [6, 6.07) is 5.47. The Balaban J connectivity index is 1.80. The summed E-state index contributed by atoms with van der Waals surface area (Å²) in [5, 5.41) is 0.650. The third-order valence-electron chi connectivity index (χ3n) is 2.68. The number of benzene rings is 1. The average Bonchev–Trinajstić information content (AvgIpc) is 2.73. The Morgan fingerprint density at radius 3 is 2.94 bits per heavy atom. The zero-order chi connectivity index (χ0) is 13.0. The van der Waals surface area contributed by atoms with E-state index in [1.54, 1.807) is 17.4 Å². The molecule has 5 heteroatoms. The van der Waals surface area contributed by atoms with Crippen LogP contribution >= 0.6 is 22.9 Å². The molecule has 1 aromatic carbocycles. The van der Waals surface area contributed by atoms with Crippen LogP contribution in [0.2, 0.25) is 5.02 Å². The number of hydrogen-bond donors (Lipinski definition) is 1. The second-order valence-electron chi connectivity index (χ2n) is 4.01. The van der Waals surface area contributed by atoms with Gasteiger partial charge < -0.3 is 10.5 Å². The minimum Gasteiger partial charge on any atom is -0.398 e. The molecule has 0 amide bonds. The molecule has 18 heavy (non-hydrogen) atoms. The van der Waals surface area contributed by atoms with Crippen LogP contribution in [0.15, 0.2) is 23.7 Å². The predicted molar refractivity (Wildman–Crippen MR) is 76.1 cm³/mol. The highest BCUT2D eigenvalue weighted by molar-refractivity contribution is 7.09. The summed E-state index contributed by atoms with van der Waals surface area (Å²) in [7, 11) is 0. The van der Waals surface area contributed by atoms with Crippen molar-refractivity contribution in [2.45, 2.75) is 20.0 Å². The van der Waals surface area contributed by atoms with Crippen LogP contribution in [0.4, 0.5) is 5.69 Å². The monoisotopic (exact) mass is 282 g/mol. The summed E-state index contributed by atoms with van der Waals surface area (Å²) >= 11 is 7.50. The van der Waals surface area contributed by atoms with E-state index in [4.69, 9.17) is 22.1 Å². The Hall–Kier alpha value is -1.10. The Morgan fingerprint density at radius 1 is 1.44 bits per heavy atom. The number of hydrogen-bond acceptors (Lipinski definition) is 4. The van der Waals surface area contributed by atoms with Crippen molar-refractivity contribution in [2.24, 2.45) is 0 Å². The molecule has 3 nitrogen and oxygen atoms in total. The van der Waals surface area contributed by atoms with E-state index in [0.29, 0.717) is 23.9 Å². The molecule has 0 atom stereocenters. The first-order chi connectivity index (χ1) is 8.66. The number of nitrogen functional groups attached to an aromatic ring is 1. The largest absolute Gasteiger partial charge is 0.398 e. The number of ether oxygens (including phenoxy) is 1. The lowest BCUT2D eigenvalue weighted by molar-refractivity contribution is 0.124. The van der Waals surface area contributed by atoms with Gasteiger partial charge in [0.05, 0.1) is 24.4 Å². The van der Waals surface area contributed by atoms with Crippen LogP contribution in [-0.2, 0) is 17.8 Å². The number of anilines is 1. The zero-order valence-electron chi connectivity index (χ0n) is 10.1. The van der Waals surface area contributed by atoms with E-state index in [0.717, 1.165) is 17.7 Å². The summed E-state index contributed by atoms with van der Waals surface area (Å²) < 4.78 is 5.62. The van der Waals surface area contributed by atoms with Gasteiger partial charge in [-0.3, -0.25) is 0 Å². The van der Waals surface area contributed by atoms with Gasteiger partial charge in [-0.2, -0.15) is 0 Å². The quantitative estimate of drug-likeness (QED) is 0.675. The van der Waals surface area contributed by atoms with Gasteiger partial charge in [-0.15, -0.1) is 11.3 Å². The van der Waals surface area contributed by atoms with Crippen molar-refractivity contribution in [3.63, 3.8) is 0 Å². The predicted octanol–water partition coefficient (Wildman–Crippen LogP) is 3.45. The number of halogens is 1. The maximum atomic E-state index is 5.85. The highest BCUT2D eigenvalue weighted by Crippen LogP contribution is 2.19. The number of nitrogens with two attached hydrogens (primary N) is 1. The van der Waals surface area contributed by atoms with Crippen molar-refractivity contribution in [1.29, 1.82) is 0 Å². The first-order valence-electron chi connectivity index (χ1n) is 5.67. The maximum Gasteiger partial charge on any atom is 0.0797 e. The molecular weight excluding hydrogens is 268 g/mol. The number of rotatable bonds is 5. The number of aromatic nitrogens is 1. The third kappa shape index (κ3) is 3.45. The fraction of sp³-hybridized carbons (Fsp3) is 0.308. The molecule has 1 aromatic heterocycles. The molecule has 0 radical (unpaired) electrons. The van der Waals surface area contributed by atoms with Crippen LogP contribution in [-0.4, -0.2) is 11.6 Å². The first-order valence-corrected chi connectivity index (χ1v) is 6.93. The van der Waals surface area contributed by atoms with E-state index in [1.165, 1.54) is 4.88 Å². The molecule has 2 N–H and O–H groups in total. The molecule has 0 saturated heterocycles. The van der Waals surface area contributed by atoms with E-state index in [1.807, 2.05) is 24.6 Å². The topological polar surface area (TPSA) is 48.1 Å². The van der Waals surface area contributed by atoms with E-state index < -0.39 is 0 Å². The van der Waals surface area contributed by atoms with Crippen molar-refractivity contribution >= 4 is 28.6 Å². The lowest BCUT2D eigenvalue weighted by Crippen LogP contribution is -2.01. The van der Waals surface area contributed by atoms with Gasteiger partial charge in [0.25, 0.3) is 0 Å². The number of thiazole rings is 1. The van der Waals surface area contributed by atoms with Gasteiger partial charge in [0.1, 0.15) is 0 Å². The van der Waals surface area contributed by atoms with Crippen LogP contribution in [0.3, 0.4) is 0 Å². The van der Waals surface area contributed by atoms with Crippen molar-refractivity contribution in [1.82, 2.24) is 4.98 Å². The minimum atomic E-state index is 0.515. The molecule has 1 heterocycles. The van der Waals surface area contributed by atoms with Crippen molar-refractivity contribution in [3.05, 3.63) is 44.9 Å². The summed E-state index contributed by atoms with van der Waals surface area (Å²) in [5.74, 6) is 0. The maximum absolute atomic E-state index is 5.85. The molecule has 0 unspecified atom stereocenters. The molecular formula is C13H15ClN2OS. The smallest absolute Gasteiger partial charge is 0.0797 e. The second kappa shape index (κ2) is 6.18. The molecule has 0 fully saturated rings. The Morgan fingerprint density at radius 2 is 2.28 bits per heavy atom. The highest BCUT2D eigenvalue weighted by Gasteiger charge is 2.03. The zero-order valence-corrected chi connectivity index (χ0v) is 11.7. The standard InChI is InChI=1S/C13H15ClN2OS/c1-9-13(18-8-16-9)4-5-17-7-10-2-3-11(14)6-12(10)15/h2-3,6,8H,4-5,7,15H2,1H3. The lowest BCUT2D eigenvalue weighted by atomic mass is 10.2. The lowest BCUT2D eigenvalue weighted by Gasteiger charge is -2.07. The van der Waals surface area contributed by atoms with Gasteiger partial charge in [-0.1, -0.05) is 17.7 Å². The Bertz CT molecular complexity index is 527. The van der Waals surface area contributed by atoms with E-state index in [-0.39, 0.29) is 0 Å². The SMILES string of the molecule is Cc1ncsc1CCOCc1ccc(Cl)cc1N. The summed E-state index contributed by atoms with van der Waals surface area (Å²) in [6.45, 7) is 3.20. The van der Waals surface area contributed by atoms with Gasteiger partial charge in [-0.25, -0.2) is 4.98 Å². The Kier molecular flexibility index (Phi) is 4.58. The van der Waals surface area contributed by atoms with E-state index in [9.17, 15) is 0 Å². The molecule has 0 aliphatic heterocycles. The van der Waals surface area contributed by atoms with Crippen molar-refractivity contribution in [2.75, 3.05) is 12.3 Å². The van der Waals surface area contributed by atoms with E-state index in [2.05, 4.69) is 4.98 Å². The molecule has 2 rings (SSSR count). The van der Waals surface area contributed by atoms with Crippen LogP contribution in [0.5, 0.6) is 0 Å². The molecule has 0 aliphatic carbocycles. The fourth-order valence-electron chi connectivity index (χ4n) is 1.61. The molecule has 0 bridgehead atoms. The van der Waals surface area contributed by atoms with Crippen LogP contribution in [0.1, 0.15) is 16.1 Å². The van der Waals surface area contributed by atoms with Crippen LogP contribution in [0, 0.1) is 6.92 Å². The summed E-state index contributed by atoms with van der Waals surface area (Å²) in [6.07, 6.45) is 0.893. The average molecular weight is 283 g/mol. The van der Waals surface area contributed by atoms with Crippen molar-refractivity contribution in [3.8, 4) is 0 Å². The van der Waals surface area contributed by atoms with Gasteiger partial charge in [-0.05, 0) is 19.1 Å². The van der Waals surface area contributed by atoms with Crippen LogP contribution in [0.25, 0.3) is 0 Å². The fourth-order valence-corrected chi connectivity index (χ4v) is 2.55. The van der Waals surface area contributed by atoms with E-state index >= 15 is 0 Å². The summed E-state index contributed by atoms with van der Waals surface area (Å²) in [5.41, 5.74) is 10.5. The minimum absolute atomic E-state index is 0.515. The number of nitrogens with zero attached hydrogens (tertiary/aromatic N) is 1. The molecule has 0 saturated carbocycles. The van der Waals surface area contributed by atoms with Crippen molar-refractivity contribution < 1.29 is 4.74 Å². The summed E-state index contributed by atoms with van der Waals surface area (Å²) in [4.78, 5) is 5.48. The molecule has 96 valence electrons. The number of aryl methyl sites for hydroxylation is 1. The second-order valence-corrected chi connectivity index (χ2v) is 5.38. The van der Waals surface area contributed by atoms with Gasteiger partial charge in [0.15, 0.2) is 0 Å². The Labute approximate surface area is 116 Å². The van der Waals surface area contributed by atoms with Gasteiger partial charge >= 0.3 is 0 Å². The molecule has 0 spiro atoms. The highest BCUT2D eigenvalue weighted by atomic mass is 35.5.